The Morgan fingerprint density at radius 3 is 1.25 bits per heavy atom. The number of hydrogen-bond donors (Lipinski definition) is 1. The van der Waals surface area contributed by atoms with Gasteiger partial charge in [0.2, 0.25) is 0 Å². The van der Waals surface area contributed by atoms with E-state index in [9.17, 15) is 5.11 Å². The normalized spacial score (nSPS) is 17.1. The van der Waals surface area contributed by atoms with Crippen LogP contribution >= 0.6 is 0 Å². The van der Waals surface area contributed by atoms with E-state index in [2.05, 4.69) is 144 Å². The summed E-state index contributed by atoms with van der Waals surface area (Å²) < 4.78 is 62.6. The minimum Gasteiger partial charge on any atom is -0.401 e. The van der Waals surface area contributed by atoms with E-state index in [1.807, 2.05) is 147 Å². The summed E-state index contributed by atoms with van der Waals surface area (Å²) in [6.45, 7) is 17.6. The van der Waals surface area contributed by atoms with Gasteiger partial charge in [0.15, 0.2) is 5.79 Å². The number of carbonyl (C=O) groups excluding carboxylic acids is 1. The molecule has 1 aliphatic heterocycles. The first-order valence-corrected chi connectivity index (χ1v) is 35.2. The highest BCUT2D eigenvalue weighted by Crippen LogP contribution is 2.40. The van der Waals surface area contributed by atoms with Crippen molar-refractivity contribution >= 4 is 24.5 Å². The number of ether oxygens (including phenoxy) is 8. The van der Waals surface area contributed by atoms with Crippen molar-refractivity contribution in [1.29, 1.82) is 0 Å². The lowest BCUT2D eigenvalue weighted by atomic mass is 9.82. The molecular weight excluding hydrogens is 1180 g/mol. The van der Waals surface area contributed by atoms with Gasteiger partial charge in [0.25, 0.3) is 8.32 Å². The lowest BCUT2D eigenvalue weighted by molar-refractivity contribution is -0.152. The molecule has 8 aromatic rings. The zero-order valence-corrected chi connectivity index (χ0v) is 56.6. The van der Waals surface area contributed by atoms with Crippen LogP contribution in [0.2, 0.25) is 5.04 Å². The standard InChI is InChI=1S/C81H98O11Si/c1-61(75(87-56-66-38-22-11-23-39-66)49-69(82)48-70(83)50-77(78-60-90-81(6,7)91-78)92-93(80(3,4)5,73-44-28-14-29-45-73)74-46-30-15-31-47-74)79(89-58-68-42-26-13-27-43-68)62(2)76(88-57-67-40-24-12-25-41-67)52-71(85-54-64-34-18-9-19-35-64)51-72(86-55-65-36-20-10-21-37-65)59-84-53-63-32-16-8-17-33-63/h8-47,61-62,69,71-72,75-79,82H,48-60H2,1-7H3/t61-,62-,69-,71-,72-,75-,76+,77+,78-,79+/m0/s1. The smallest absolute Gasteiger partial charge is 0.261 e. The van der Waals surface area contributed by atoms with E-state index in [0.29, 0.717) is 52.5 Å². The second-order valence-corrected chi connectivity index (χ2v) is 30.7. The molecule has 0 radical (unpaired) electrons. The molecule has 492 valence electrons. The summed E-state index contributed by atoms with van der Waals surface area (Å²) in [5, 5.41) is 14.4. The van der Waals surface area contributed by atoms with Crippen molar-refractivity contribution in [1.82, 2.24) is 0 Å². The highest BCUT2D eigenvalue weighted by molar-refractivity contribution is 6.99. The Hall–Kier alpha value is -6.75. The van der Waals surface area contributed by atoms with Crippen molar-refractivity contribution in [2.45, 2.75) is 180 Å². The first-order valence-electron chi connectivity index (χ1n) is 33.3. The summed E-state index contributed by atoms with van der Waals surface area (Å²) in [6.07, 6.45) is -3.55. The molecule has 12 heteroatoms. The summed E-state index contributed by atoms with van der Waals surface area (Å²) in [5.74, 6) is -1.66. The molecule has 1 fully saturated rings. The summed E-state index contributed by atoms with van der Waals surface area (Å²) in [4.78, 5) is 15.0. The summed E-state index contributed by atoms with van der Waals surface area (Å²) >= 11 is 0. The molecule has 8 aromatic carbocycles. The number of hydrogen-bond acceptors (Lipinski definition) is 11. The fraction of sp³-hybridized carbons (Fsp3) is 0.395. The summed E-state index contributed by atoms with van der Waals surface area (Å²) in [6, 6.07) is 82.1. The van der Waals surface area contributed by atoms with Gasteiger partial charge in [-0.3, -0.25) is 4.79 Å². The molecule has 0 saturated carbocycles. The zero-order chi connectivity index (χ0) is 65.3. The fourth-order valence-corrected chi connectivity index (χ4v) is 17.5. The molecule has 11 nitrogen and oxygen atoms in total. The van der Waals surface area contributed by atoms with Crippen LogP contribution in [0.25, 0.3) is 0 Å². The van der Waals surface area contributed by atoms with Crippen molar-refractivity contribution in [2.75, 3.05) is 13.2 Å². The maximum Gasteiger partial charge on any atom is 0.261 e. The minimum absolute atomic E-state index is 0.00183. The number of ketones is 1. The van der Waals surface area contributed by atoms with Crippen molar-refractivity contribution in [3.63, 3.8) is 0 Å². The average molecular weight is 1280 g/mol. The van der Waals surface area contributed by atoms with Gasteiger partial charge < -0.3 is 47.4 Å². The van der Waals surface area contributed by atoms with Gasteiger partial charge in [-0.25, -0.2) is 0 Å². The van der Waals surface area contributed by atoms with Crippen LogP contribution in [-0.4, -0.2) is 87.0 Å². The highest BCUT2D eigenvalue weighted by Gasteiger charge is 2.54. The molecule has 1 heterocycles. The number of aliphatic hydroxyl groups excluding tert-OH is 1. The van der Waals surface area contributed by atoms with Gasteiger partial charge in [-0.05, 0) is 62.6 Å². The van der Waals surface area contributed by atoms with E-state index >= 15 is 4.79 Å². The molecule has 0 unspecified atom stereocenters. The lowest BCUT2D eigenvalue weighted by Crippen LogP contribution is -2.68. The van der Waals surface area contributed by atoms with Crippen molar-refractivity contribution in [3.8, 4) is 0 Å². The van der Waals surface area contributed by atoms with Crippen LogP contribution in [0.5, 0.6) is 0 Å². The third-order valence-corrected chi connectivity index (χ3v) is 22.8. The maximum atomic E-state index is 15.0. The van der Waals surface area contributed by atoms with E-state index in [-0.39, 0.29) is 67.3 Å². The Labute approximate surface area is 554 Å². The molecule has 0 aromatic heterocycles. The number of rotatable bonds is 38. The number of aliphatic hydroxyl groups is 1. The molecule has 0 aliphatic carbocycles. The van der Waals surface area contributed by atoms with Gasteiger partial charge in [-0.15, -0.1) is 0 Å². The van der Waals surface area contributed by atoms with Crippen LogP contribution in [-0.2, 0) is 86.8 Å². The van der Waals surface area contributed by atoms with Crippen LogP contribution in [0.4, 0.5) is 0 Å². The Balaban J connectivity index is 1.02. The third kappa shape index (κ3) is 21.6. The molecule has 9 rings (SSSR count). The van der Waals surface area contributed by atoms with Gasteiger partial charge in [0.05, 0.1) is 95.6 Å². The minimum atomic E-state index is -3.20. The summed E-state index contributed by atoms with van der Waals surface area (Å²) in [7, 11) is -3.20. The highest BCUT2D eigenvalue weighted by atomic mass is 28.4. The van der Waals surface area contributed by atoms with Crippen LogP contribution < -0.4 is 10.4 Å². The predicted molar refractivity (Wildman–Crippen MR) is 371 cm³/mol. The first-order chi connectivity index (χ1) is 45.1. The monoisotopic (exact) mass is 1270 g/mol. The number of carbonyl (C=O) groups is 1. The van der Waals surface area contributed by atoms with Crippen LogP contribution in [0, 0.1) is 11.8 Å². The summed E-state index contributed by atoms with van der Waals surface area (Å²) in [5.41, 5.74) is 6.25. The first kappa shape index (κ1) is 70.6. The van der Waals surface area contributed by atoms with Crippen molar-refractivity contribution in [2.24, 2.45) is 11.8 Å². The van der Waals surface area contributed by atoms with Crippen molar-refractivity contribution in [3.05, 3.63) is 276 Å². The van der Waals surface area contributed by atoms with Crippen molar-refractivity contribution < 1.29 is 52.2 Å². The van der Waals surface area contributed by atoms with Gasteiger partial charge >= 0.3 is 0 Å². The largest absolute Gasteiger partial charge is 0.401 e. The third-order valence-electron chi connectivity index (χ3n) is 17.8. The van der Waals surface area contributed by atoms with Gasteiger partial charge in [-0.1, -0.05) is 277 Å². The Morgan fingerprint density at radius 2 is 0.849 bits per heavy atom. The molecular formula is C81H98O11Si. The molecule has 1 saturated heterocycles. The van der Waals surface area contributed by atoms with E-state index in [1.165, 1.54) is 0 Å². The second kappa shape index (κ2) is 35.7. The Morgan fingerprint density at radius 1 is 0.484 bits per heavy atom. The molecule has 0 amide bonds. The van der Waals surface area contributed by atoms with E-state index in [0.717, 1.165) is 43.8 Å². The van der Waals surface area contributed by atoms with Gasteiger partial charge in [-0.2, -0.15) is 0 Å². The molecule has 93 heavy (non-hydrogen) atoms. The lowest BCUT2D eigenvalue weighted by Gasteiger charge is -2.46. The fourth-order valence-electron chi connectivity index (χ4n) is 12.8. The van der Waals surface area contributed by atoms with Crippen LogP contribution in [0.1, 0.15) is 114 Å². The number of benzene rings is 8. The molecule has 0 spiro atoms. The quantitative estimate of drug-likeness (QED) is 0.0373. The molecule has 10 atom stereocenters. The SMILES string of the molecule is C[C@H]([C@@H](OCc1ccccc1)[C@@H](C)[C@@H](C[C@H](C[C@@H](COCc1ccccc1)OCc1ccccc1)OCc1ccccc1)OCc1ccccc1)[C@H](C[C@@H](O)CC(=O)C[C@@H](O[Si](c1ccccc1)(c1ccccc1)C(C)(C)C)[C@@H]1COC(C)(C)O1)OCc1ccccc1. The molecule has 1 aliphatic rings. The van der Waals surface area contributed by atoms with Crippen LogP contribution in [0.15, 0.2) is 243 Å². The molecule has 1 N–H and O–H groups in total. The van der Waals surface area contributed by atoms with Gasteiger partial charge in [0.1, 0.15) is 11.9 Å². The maximum absolute atomic E-state index is 15.0. The Kier molecular flexibility index (Phi) is 27.1. The predicted octanol–water partition coefficient (Wildman–Crippen LogP) is 15.4. The topological polar surface area (TPSA) is 120 Å². The molecule has 0 bridgehead atoms. The average Bonchev–Trinajstić information content (AvgIpc) is 1.13. The number of Topliss-reactive ketones (excluding diaryl/α,β-unsaturated/α-hetero) is 1. The second-order valence-electron chi connectivity index (χ2n) is 26.5. The van der Waals surface area contributed by atoms with Crippen LogP contribution in [0.3, 0.4) is 0 Å². The van der Waals surface area contributed by atoms with Gasteiger partial charge in [0, 0.05) is 43.9 Å². The van der Waals surface area contributed by atoms with E-state index < -0.39 is 50.7 Å². The van der Waals surface area contributed by atoms with E-state index in [1.54, 1.807) is 0 Å². The Bertz CT molecular complexity index is 3300. The van der Waals surface area contributed by atoms with E-state index in [4.69, 9.17) is 42.3 Å². The zero-order valence-electron chi connectivity index (χ0n) is 55.6.